The van der Waals surface area contributed by atoms with Crippen LogP contribution in [-0.4, -0.2) is 20.2 Å². The smallest absolute Gasteiger partial charge is 0.119 e. The van der Waals surface area contributed by atoms with Gasteiger partial charge in [-0.1, -0.05) is 30.3 Å². The van der Waals surface area contributed by atoms with Crippen molar-refractivity contribution in [1.82, 2.24) is 0 Å². The van der Waals surface area contributed by atoms with Gasteiger partial charge in [0.15, 0.2) is 0 Å². The Morgan fingerprint density at radius 3 is 2.47 bits per heavy atom. The molecule has 0 unspecified atom stereocenters. The van der Waals surface area contributed by atoms with Crippen molar-refractivity contribution in [3.8, 4) is 11.8 Å². The molecule has 19 heavy (non-hydrogen) atoms. The van der Waals surface area contributed by atoms with Gasteiger partial charge in [-0.05, 0) is 24.3 Å². The van der Waals surface area contributed by atoms with Crippen LogP contribution in [0.15, 0.2) is 54.6 Å². The Bertz CT molecular complexity index is 560. The van der Waals surface area contributed by atoms with E-state index in [4.69, 9.17) is 10.00 Å². The summed E-state index contributed by atoms with van der Waals surface area (Å²) < 4.78 is 5.65. The summed E-state index contributed by atoms with van der Waals surface area (Å²) in [7, 11) is 1.96. The van der Waals surface area contributed by atoms with E-state index in [2.05, 4.69) is 6.07 Å². The number of benzene rings is 2. The summed E-state index contributed by atoms with van der Waals surface area (Å²) in [5.74, 6) is 0.865. The minimum Gasteiger partial charge on any atom is -0.492 e. The predicted octanol–water partition coefficient (Wildman–Crippen LogP) is 3.07. The number of hydrogen-bond donors (Lipinski definition) is 0. The molecule has 2 aromatic rings. The molecule has 0 aliphatic heterocycles. The van der Waals surface area contributed by atoms with Gasteiger partial charge in [0.25, 0.3) is 0 Å². The first-order valence-corrected chi connectivity index (χ1v) is 6.19. The van der Waals surface area contributed by atoms with Crippen molar-refractivity contribution in [1.29, 1.82) is 5.26 Å². The van der Waals surface area contributed by atoms with E-state index in [1.807, 2.05) is 66.5 Å². The molecule has 0 aliphatic rings. The molecule has 0 atom stereocenters. The van der Waals surface area contributed by atoms with Gasteiger partial charge in [0.05, 0.1) is 17.8 Å². The van der Waals surface area contributed by atoms with E-state index in [1.54, 1.807) is 0 Å². The van der Waals surface area contributed by atoms with Crippen molar-refractivity contribution in [3.05, 3.63) is 60.2 Å². The van der Waals surface area contributed by atoms with E-state index in [1.165, 1.54) is 0 Å². The van der Waals surface area contributed by atoms with Crippen LogP contribution in [0.4, 0.5) is 5.69 Å². The number of likely N-dealkylation sites (N-methyl/N-ethyl adjacent to an activating group) is 1. The maximum atomic E-state index is 9.06. The van der Waals surface area contributed by atoms with Crippen LogP contribution >= 0.6 is 0 Å². The van der Waals surface area contributed by atoms with Crippen LogP contribution in [-0.2, 0) is 0 Å². The topological polar surface area (TPSA) is 36.3 Å². The molecule has 2 aromatic carbocycles. The summed E-state index contributed by atoms with van der Waals surface area (Å²) in [4.78, 5) is 2.03. The average Bonchev–Trinajstić information content (AvgIpc) is 2.48. The van der Waals surface area contributed by atoms with Gasteiger partial charge in [-0.3, -0.25) is 0 Å². The van der Waals surface area contributed by atoms with Gasteiger partial charge >= 0.3 is 0 Å². The lowest BCUT2D eigenvalue weighted by atomic mass is 10.2. The zero-order chi connectivity index (χ0) is 13.5. The zero-order valence-electron chi connectivity index (χ0n) is 10.9. The van der Waals surface area contributed by atoms with Crippen molar-refractivity contribution in [3.63, 3.8) is 0 Å². The number of anilines is 1. The van der Waals surface area contributed by atoms with Crippen LogP contribution in [0, 0.1) is 11.3 Å². The third-order valence-electron chi connectivity index (χ3n) is 2.87. The van der Waals surface area contributed by atoms with E-state index in [0.717, 1.165) is 18.0 Å². The first-order valence-electron chi connectivity index (χ1n) is 6.19. The molecule has 0 fully saturated rings. The summed E-state index contributed by atoms with van der Waals surface area (Å²) in [5.41, 5.74) is 1.62. The molecule has 0 N–H and O–H groups in total. The second-order valence-corrected chi connectivity index (χ2v) is 4.21. The Balaban J connectivity index is 1.91. The third-order valence-corrected chi connectivity index (χ3v) is 2.87. The quantitative estimate of drug-likeness (QED) is 0.820. The number of para-hydroxylation sites is 2. The lowest BCUT2D eigenvalue weighted by Gasteiger charge is -2.20. The number of ether oxygens (including phenoxy) is 1. The van der Waals surface area contributed by atoms with Crippen molar-refractivity contribution < 1.29 is 4.74 Å². The normalized spacial score (nSPS) is 9.68. The van der Waals surface area contributed by atoms with E-state index in [0.29, 0.717) is 12.2 Å². The van der Waals surface area contributed by atoms with Crippen LogP contribution < -0.4 is 9.64 Å². The highest BCUT2D eigenvalue weighted by atomic mass is 16.5. The standard InChI is InChI=1S/C16H16N2O/c1-18(16-10-6-5-7-14(16)13-17)11-12-19-15-8-3-2-4-9-15/h2-10H,11-12H2,1H3. The molecule has 0 heterocycles. The molecular formula is C16H16N2O. The molecule has 0 bridgehead atoms. The minimum atomic E-state index is 0.584. The Morgan fingerprint density at radius 2 is 1.74 bits per heavy atom. The first-order chi connectivity index (χ1) is 9.31. The summed E-state index contributed by atoms with van der Waals surface area (Å²) in [6.45, 7) is 1.31. The fourth-order valence-corrected chi connectivity index (χ4v) is 1.84. The molecule has 96 valence electrons. The fraction of sp³-hybridized carbons (Fsp3) is 0.188. The Hall–Kier alpha value is -2.47. The second kappa shape index (κ2) is 6.46. The second-order valence-electron chi connectivity index (χ2n) is 4.21. The minimum absolute atomic E-state index is 0.584. The molecule has 0 radical (unpaired) electrons. The van der Waals surface area contributed by atoms with Gasteiger partial charge in [-0.15, -0.1) is 0 Å². The largest absolute Gasteiger partial charge is 0.492 e. The molecule has 0 saturated heterocycles. The maximum absolute atomic E-state index is 9.06. The molecule has 2 rings (SSSR count). The molecule has 3 heteroatoms. The van der Waals surface area contributed by atoms with Crippen LogP contribution in [0.5, 0.6) is 5.75 Å². The SMILES string of the molecule is CN(CCOc1ccccc1)c1ccccc1C#N. The van der Waals surface area contributed by atoms with Gasteiger partial charge in [-0.2, -0.15) is 5.26 Å². The van der Waals surface area contributed by atoms with Gasteiger partial charge in [0.1, 0.15) is 18.4 Å². The van der Waals surface area contributed by atoms with Crippen molar-refractivity contribution in [2.24, 2.45) is 0 Å². The highest BCUT2D eigenvalue weighted by Crippen LogP contribution is 2.17. The van der Waals surface area contributed by atoms with Crippen molar-refractivity contribution in [2.45, 2.75) is 0 Å². The maximum Gasteiger partial charge on any atom is 0.119 e. The molecule has 0 aliphatic carbocycles. The monoisotopic (exact) mass is 252 g/mol. The average molecular weight is 252 g/mol. The summed E-state index contributed by atoms with van der Waals surface area (Å²) >= 11 is 0. The van der Waals surface area contributed by atoms with Crippen LogP contribution in [0.2, 0.25) is 0 Å². The Morgan fingerprint density at radius 1 is 1.05 bits per heavy atom. The number of nitrogens with zero attached hydrogens (tertiary/aromatic N) is 2. The summed E-state index contributed by atoms with van der Waals surface area (Å²) in [6.07, 6.45) is 0. The molecule has 0 aromatic heterocycles. The fourth-order valence-electron chi connectivity index (χ4n) is 1.84. The molecule has 0 saturated carbocycles. The van der Waals surface area contributed by atoms with Gasteiger partial charge < -0.3 is 9.64 Å². The third kappa shape index (κ3) is 3.49. The zero-order valence-corrected chi connectivity index (χ0v) is 10.9. The first kappa shape index (κ1) is 13.0. The number of rotatable bonds is 5. The number of nitriles is 1. The van der Waals surface area contributed by atoms with Gasteiger partial charge in [0, 0.05) is 7.05 Å². The highest BCUT2D eigenvalue weighted by Gasteiger charge is 2.06. The van der Waals surface area contributed by atoms with E-state index in [-0.39, 0.29) is 0 Å². The molecule has 0 amide bonds. The Labute approximate surface area is 113 Å². The van der Waals surface area contributed by atoms with E-state index >= 15 is 0 Å². The summed E-state index contributed by atoms with van der Waals surface area (Å²) in [6, 6.07) is 19.5. The van der Waals surface area contributed by atoms with Crippen LogP contribution in [0.1, 0.15) is 5.56 Å². The summed E-state index contributed by atoms with van der Waals surface area (Å²) in [5, 5.41) is 9.06. The molecule has 3 nitrogen and oxygen atoms in total. The highest BCUT2D eigenvalue weighted by molar-refractivity contribution is 5.58. The number of hydrogen-bond acceptors (Lipinski definition) is 3. The Kier molecular flexibility index (Phi) is 4.41. The van der Waals surface area contributed by atoms with Crippen LogP contribution in [0.3, 0.4) is 0 Å². The van der Waals surface area contributed by atoms with Gasteiger partial charge in [0.2, 0.25) is 0 Å². The van der Waals surface area contributed by atoms with Crippen molar-refractivity contribution in [2.75, 3.05) is 25.1 Å². The van der Waals surface area contributed by atoms with E-state index < -0.39 is 0 Å². The molecular weight excluding hydrogens is 236 g/mol. The predicted molar refractivity (Wildman–Crippen MR) is 76.4 cm³/mol. The van der Waals surface area contributed by atoms with Crippen LogP contribution in [0.25, 0.3) is 0 Å². The molecule has 0 spiro atoms. The lowest BCUT2D eigenvalue weighted by molar-refractivity contribution is 0.326. The van der Waals surface area contributed by atoms with Gasteiger partial charge in [-0.25, -0.2) is 0 Å². The van der Waals surface area contributed by atoms with E-state index in [9.17, 15) is 0 Å². The lowest BCUT2D eigenvalue weighted by Crippen LogP contribution is -2.24. The van der Waals surface area contributed by atoms with Crippen molar-refractivity contribution >= 4 is 5.69 Å².